The Morgan fingerprint density at radius 1 is 1.07 bits per heavy atom. The molecule has 146 valence electrons. The van der Waals surface area contributed by atoms with Gasteiger partial charge in [-0.15, -0.1) is 5.10 Å². The number of unbranched alkanes of at least 4 members (excludes halogenated alkanes) is 1. The highest BCUT2D eigenvalue weighted by Crippen LogP contribution is 2.36. The Morgan fingerprint density at radius 2 is 2.00 bits per heavy atom. The zero-order chi connectivity index (χ0) is 19.2. The second-order valence-corrected chi connectivity index (χ2v) is 7.64. The van der Waals surface area contributed by atoms with E-state index in [9.17, 15) is 0 Å². The molecule has 0 bridgehead atoms. The molecule has 0 saturated heterocycles. The predicted octanol–water partition coefficient (Wildman–Crippen LogP) is 4.89. The van der Waals surface area contributed by atoms with Crippen molar-refractivity contribution >= 4 is 10.9 Å². The van der Waals surface area contributed by atoms with Gasteiger partial charge < -0.3 is 10.1 Å². The molecule has 0 saturated carbocycles. The van der Waals surface area contributed by atoms with E-state index < -0.39 is 0 Å². The van der Waals surface area contributed by atoms with Gasteiger partial charge in [0.25, 0.3) is 0 Å². The number of ether oxygens (including phenoxy) is 1. The van der Waals surface area contributed by atoms with Crippen molar-refractivity contribution in [2.45, 2.75) is 51.0 Å². The van der Waals surface area contributed by atoms with Gasteiger partial charge in [0.15, 0.2) is 0 Å². The molecule has 2 unspecified atom stereocenters. The van der Waals surface area contributed by atoms with Crippen LogP contribution < -0.4 is 10.1 Å². The molecule has 28 heavy (non-hydrogen) atoms. The molecule has 4 rings (SSSR count). The summed E-state index contributed by atoms with van der Waals surface area (Å²) in [6.45, 7) is 4.03. The van der Waals surface area contributed by atoms with Crippen LogP contribution in [0.5, 0.6) is 5.75 Å². The first-order valence-electron chi connectivity index (χ1n) is 10.5. The Kier molecular flexibility index (Phi) is 6.17. The van der Waals surface area contributed by atoms with E-state index in [4.69, 9.17) is 4.74 Å². The monoisotopic (exact) mass is 375 g/mol. The molecule has 1 heterocycles. The molecule has 1 N–H and O–H groups in total. The summed E-state index contributed by atoms with van der Waals surface area (Å²) in [7, 11) is 0. The second-order valence-electron chi connectivity index (χ2n) is 7.64. The highest BCUT2D eigenvalue weighted by molar-refractivity contribution is 5.83. The molecule has 1 aliphatic carbocycles. The summed E-state index contributed by atoms with van der Waals surface area (Å²) in [5.41, 5.74) is 3.93. The standard InChI is InChI=1S/C24H29N3O/c1-2-8-21-20-11-4-3-9-19(20)17-22(21)25-14-5-6-16-28-23-12-7-10-18-13-15-26-27-24(18)23/h3-4,7,9-13,15,21-22,25H,2,5-6,8,14,16-17H2,1H3. The van der Waals surface area contributed by atoms with Gasteiger partial charge in [0.05, 0.1) is 12.8 Å². The largest absolute Gasteiger partial charge is 0.491 e. The third-order valence-electron chi connectivity index (χ3n) is 5.72. The van der Waals surface area contributed by atoms with Crippen LogP contribution in [0.4, 0.5) is 0 Å². The molecule has 0 fully saturated rings. The van der Waals surface area contributed by atoms with Crippen LogP contribution in [-0.4, -0.2) is 29.4 Å². The molecule has 0 aliphatic heterocycles. The number of fused-ring (bicyclic) bond motifs is 2. The lowest BCUT2D eigenvalue weighted by Crippen LogP contribution is -2.33. The molecule has 3 aromatic rings. The molecule has 1 aromatic heterocycles. The van der Waals surface area contributed by atoms with Crippen molar-refractivity contribution in [2.24, 2.45) is 0 Å². The van der Waals surface area contributed by atoms with E-state index in [2.05, 4.69) is 46.7 Å². The SMILES string of the molecule is CCCC1c2ccccc2CC1NCCCCOc1cccc2ccnnc12. The summed E-state index contributed by atoms with van der Waals surface area (Å²) in [6, 6.07) is 17.5. The Balaban J connectivity index is 1.23. The first-order chi connectivity index (χ1) is 13.9. The molecule has 4 nitrogen and oxygen atoms in total. The van der Waals surface area contributed by atoms with Crippen LogP contribution >= 0.6 is 0 Å². The van der Waals surface area contributed by atoms with Crippen LogP contribution in [-0.2, 0) is 6.42 Å². The average Bonchev–Trinajstić information content (AvgIpc) is 3.08. The maximum absolute atomic E-state index is 5.97. The van der Waals surface area contributed by atoms with Gasteiger partial charge in [-0.3, -0.25) is 0 Å². The van der Waals surface area contributed by atoms with Crippen LogP contribution in [0, 0.1) is 0 Å². The minimum Gasteiger partial charge on any atom is -0.491 e. The van der Waals surface area contributed by atoms with Crippen LogP contribution in [0.2, 0.25) is 0 Å². The van der Waals surface area contributed by atoms with Crippen molar-refractivity contribution in [3.8, 4) is 5.75 Å². The third-order valence-corrected chi connectivity index (χ3v) is 5.72. The summed E-state index contributed by atoms with van der Waals surface area (Å²) in [5, 5.41) is 13.1. The van der Waals surface area contributed by atoms with Crippen LogP contribution in [0.15, 0.2) is 54.7 Å². The summed E-state index contributed by atoms with van der Waals surface area (Å²) in [4.78, 5) is 0. The van der Waals surface area contributed by atoms with Gasteiger partial charge in [-0.2, -0.15) is 5.10 Å². The van der Waals surface area contributed by atoms with Gasteiger partial charge >= 0.3 is 0 Å². The van der Waals surface area contributed by atoms with Crippen molar-refractivity contribution in [1.29, 1.82) is 0 Å². The zero-order valence-electron chi connectivity index (χ0n) is 16.6. The van der Waals surface area contributed by atoms with Gasteiger partial charge in [0.1, 0.15) is 11.3 Å². The lowest BCUT2D eigenvalue weighted by atomic mass is 9.93. The van der Waals surface area contributed by atoms with Crippen molar-refractivity contribution in [1.82, 2.24) is 15.5 Å². The Hall–Kier alpha value is -2.46. The third kappa shape index (κ3) is 4.17. The van der Waals surface area contributed by atoms with Gasteiger partial charge in [-0.05, 0) is 61.4 Å². The van der Waals surface area contributed by atoms with Gasteiger partial charge in [-0.1, -0.05) is 49.7 Å². The minimum atomic E-state index is 0.576. The Bertz CT molecular complexity index is 906. The smallest absolute Gasteiger partial charge is 0.147 e. The second kappa shape index (κ2) is 9.16. The number of hydrogen-bond acceptors (Lipinski definition) is 4. The highest BCUT2D eigenvalue weighted by atomic mass is 16.5. The summed E-state index contributed by atoms with van der Waals surface area (Å²) < 4.78 is 5.97. The first kappa shape index (κ1) is 18.9. The summed E-state index contributed by atoms with van der Waals surface area (Å²) >= 11 is 0. The fourth-order valence-electron chi connectivity index (χ4n) is 4.36. The number of benzene rings is 2. The molecule has 2 aromatic carbocycles. The van der Waals surface area contributed by atoms with Crippen molar-refractivity contribution in [2.75, 3.05) is 13.2 Å². The molecule has 0 amide bonds. The fraction of sp³-hybridized carbons (Fsp3) is 0.417. The van der Waals surface area contributed by atoms with Crippen molar-refractivity contribution in [3.05, 3.63) is 65.9 Å². The van der Waals surface area contributed by atoms with E-state index >= 15 is 0 Å². The van der Waals surface area contributed by atoms with Gasteiger partial charge in [0, 0.05) is 11.4 Å². The van der Waals surface area contributed by atoms with E-state index in [1.54, 1.807) is 11.8 Å². The van der Waals surface area contributed by atoms with E-state index in [-0.39, 0.29) is 0 Å². The molecule has 0 radical (unpaired) electrons. The number of rotatable bonds is 9. The topological polar surface area (TPSA) is 47.0 Å². The van der Waals surface area contributed by atoms with E-state index in [1.165, 1.54) is 18.4 Å². The normalized spacial score (nSPS) is 18.3. The molecule has 2 atom stereocenters. The lowest BCUT2D eigenvalue weighted by Gasteiger charge is -2.21. The van der Waals surface area contributed by atoms with Crippen LogP contribution in [0.3, 0.4) is 0 Å². The zero-order valence-corrected chi connectivity index (χ0v) is 16.6. The lowest BCUT2D eigenvalue weighted by molar-refractivity contribution is 0.305. The summed E-state index contributed by atoms with van der Waals surface area (Å²) in [6.07, 6.45) is 7.51. The fourth-order valence-corrected chi connectivity index (χ4v) is 4.36. The van der Waals surface area contributed by atoms with Crippen molar-refractivity contribution in [3.63, 3.8) is 0 Å². The Morgan fingerprint density at radius 3 is 2.93 bits per heavy atom. The molecular formula is C24H29N3O. The summed E-state index contributed by atoms with van der Waals surface area (Å²) in [5.74, 6) is 1.49. The average molecular weight is 376 g/mol. The van der Waals surface area contributed by atoms with Crippen LogP contribution in [0.1, 0.15) is 49.7 Å². The molecular weight excluding hydrogens is 346 g/mol. The van der Waals surface area contributed by atoms with E-state index in [1.807, 2.05) is 24.3 Å². The van der Waals surface area contributed by atoms with E-state index in [0.717, 1.165) is 42.5 Å². The quantitative estimate of drug-likeness (QED) is 0.541. The van der Waals surface area contributed by atoms with Gasteiger partial charge in [-0.25, -0.2) is 0 Å². The number of hydrogen-bond donors (Lipinski definition) is 1. The number of aromatic nitrogens is 2. The van der Waals surface area contributed by atoms with Crippen LogP contribution in [0.25, 0.3) is 10.9 Å². The van der Waals surface area contributed by atoms with E-state index in [0.29, 0.717) is 18.6 Å². The minimum absolute atomic E-state index is 0.576. The maximum Gasteiger partial charge on any atom is 0.147 e. The first-order valence-corrected chi connectivity index (χ1v) is 10.5. The maximum atomic E-state index is 5.97. The highest BCUT2D eigenvalue weighted by Gasteiger charge is 2.30. The molecule has 1 aliphatic rings. The molecule has 0 spiro atoms. The molecule has 4 heteroatoms. The Labute approximate surface area is 167 Å². The number of nitrogens with one attached hydrogen (secondary N) is 1. The van der Waals surface area contributed by atoms with Crippen molar-refractivity contribution < 1.29 is 4.74 Å². The number of nitrogens with zero attached hydrogens (tertiary/aromatic N) is 2. The van der Waals surface area contributed by atoms with Gasteiger partial charge in [0.2, 0.25) is 0 Å². The predicted molar refractivity (Wildman–Crippen MR) is 114 cm³/mol.